The fraction of sp³-hybridized carbons (Fsp3) is 1.00. The maximum Gasteiger partial charge on any atom is 0.310 e. The second-order valence-electron chi connectivity index (χ2n) is 2.73. The Kier molecular flexibility index (Phi) is 6.24. The van der Waals surface area contributed by atoms with E-state index in [2.05, 4.69) is 6.92 Å². The summed E-state index contributed by atoms with van der Waals surface area (Å²) in [6, 6.07) is 0. The van der Waals surface area contributed by atoms with Gasteiger partial charge in [-0.15, -0.1) is 0 Å². The first-order valence-corrected chi connectivity index (χ1v) is 4.39. The highest BCUT2D eigenvalue weighted by Gasteiger charge is 2.39. The first kappa shape index (κ1) is 12.8. The zero-order chi connectivity index (χ0) is 10.3. The first-order chi connectivity index (χ1) is 6.20. The molecule has 0 saturated carbocycles. The molecule has 0 saturated heterocycles. The van der Waals surface area contributed by atoms with Gasteiger partial charge < -0.3 is 18.9 Å². The van der Waals surface area contributed by atoms with Crippen molar-refractivity contribution in [3.8, 4) is 0 Å². The minimum atomic E-state index is -1.08. The van der Waals surface area contributed by atoms with Crippen LogP contribution in [0.15, 0.2) is 0 Å². The van der Waals surface area contributed by atoms with Gasteiger partial charge in [-0.2, -0.15) is 0 Å². The minimum absolute atomic E-state index is 0.211. The van der Waals surface area contributed by atoms with Crippen LogP contribution in [0.1, 0.15) is 19.8 Å². The molecule has 0 aliphatic rings. The van der Waals surface area contributed by atoms with Crippen LogP contribution in [0.5, 0.6) is 0 Å². The second-order valence-corrected chi connectivity index (χ2v) is 2.73. The number of methoxy groups -OCH3 is 4. The van der Waals surface area contributed by atoms with Crippen molar-refractivity contribution in [2.45, 2.75) is 31.8 Å². The maximum absolute atomic E-state index is 5.25. The van der Waals surface area contributed by atoms with Crippen molar-refractivity contribution in [3.63, 3.8) is 0 Å². The van der Waals surface area contributed by atoms with Gasteiger partial charge in [-0.1, -0.05) is 13.3 Å². The van der Waals surface area contributed by atoms with Crippen molar-refractivity contribution in [2.75, 3.05) is 28.4 Å². The summed E-state index contributed by atoms with van der Waals surface area (Å²) in [5.74, 6) is -1.08. The molecule has 0 spiro atoms. The van der Waals surface area contributed by atoms with Crippen molar-refractivity contribution in [1.29, 1.82) is 0 Å². The summed E-state index contributed by atoms with van der Waals surface area (Å²) >= 11 is 0. The van der Waals surface area contributed by atoms with E-state index >= 15 is 0 Å². The van der Waals surface area contributed by atoms with E-state index in [0.717, 1.165) is 12.8 Å². The van der Waals surface area contributed by atoms with E-state index < -0.39 is 5.97 Å². The molecule has 0 fully saturated rings. The molecule has 13 heavy (non-hydrogen) atoms. The number of ether oxygens (including phenoxy) is 4. The van der Waals surface area contributed by atoms with Gasteiger partial charge in [0.05, 0.1) is 0 Å². The molecule has 1 unspecified atom stereocenters. The van der Waals surface area contributed by atoms with E-state index in [4.69, 9.17) is 18.9 Å². The lowest BCUT2D eigenvalue weighted by molar-refractivity contribution is -0.391. The molecule has 1 atom stereocenters. The Morgan fingerprint density at radius 2 is 1.46 bits per heavy atom. The Morgan fingerprint density at radius 1 is 1.00 bits per heavy atom. The third-order valence-corrected chi connectivity index (χ3v) is 2.08. The summed E-state index contributed by atoms with van der Waals surface area (Å²) in [7, 11) is 6.23. The van der Waals surface area contributed by atoms with E-state index in [1.54, 1.807) is 7.11 Å². The van der Waals surface area contributed by atoms with Gasteiger partial charge in [0.25, 0.3) is 0 Å². The summed E-state index contributed by atoms with van der Waals surface area (Å²) in [6.07, 6.45) is 1.60. The van der Waals surface area contributed by atoms with Crippen molar-refractivity contribution in [1.82, 2.24) is 0 Å². The van der Waals surface area contributed by atoms with Gasteiger partial charge in [0.1, 0.15) is 6.10 Å². The molecule has 0 aromatic carbocycles. The van der Waals surface area contributed by atoms with Gasteiger partial charge >= 0.3 is 5.97 Å². The molecule has 4 nitrogen and oxygen atoms in total. The number of hydrogen-bond donors (Lipinski definition) is 0. The second kappa shape index (κ2) is 6.32. The Balaban J connectivity index is 4.45. The SMILES string of the molecule is CCCC(OC)C(OC)(OC)OC. The van der Waals surface area contributed by atoms with E-state index in [1.807, 2.05) is 0 Å². The predicted molar refractivity (Wildman–Crippen MR) is 49.5 cm³/mol. The fourth-order valence-corrected chi connectivity index (χ4v) is 1.35. The third kappa shape index (κ3) is 2.91. The molecule has 0 N–H and O–H groups in total. The molecule has 0 aliphatic carbocycles. The molecular weight excluding hydrogens is 172 g/mol. The van der Waals surface area contributed by atoms with Crippen LogP contribution in [-0.4, -0.2) is 40.5 Å². The van der Waals surface area contributed by atoms with Crippen molar-refractivity contribution in [2.24, 2.45) is 0 Å². The summed E-state index contributed by atoms with van der Waals surface area (Å²) in [6.45, 7) is 2.07. The highest BCUT2D eigenvalue weighted by molar-refractivity contribution is 4.69. The highest BCUT2D eigenvalue weighted by Crippen LogP contribution is 2.23. The van der Waals surface area contributed by atoms with E-state index in [-0.39, 0.29) is 6.10 Å². The van der Waals surface area contributed by atoms with Gasteiger partial charge in [0, 0.05) is 28.4 Å². The average Bonchev–Trinajstić information content (AvgIpc) is 2.19. The van der Waals surface area contributed by atoms with E-state index in [9.17, 15) is 0 Å². The van der Waals surface area contributed by atoms with E-state index in [0.29, 0.717) is 0 Å². The normalized spacial score (nSPS) is 14.5. The van der Waals surface area contributed by atoms with Gasteiger partial charge in [-0.25, -0.2) is 0 Å². The van der Waals surface area contributed by atoms with Crippen molar-refractivity contribution in [3.05, 3.63) is 0 Å². The summed E-state index contributed by atoms with van der Waals surface area (Å²) < 4.78 is 20.8. The first-order valence-electron chi connectivity index (χ1n) is 4.39. The zero-order valence-corrected chi connectivity index (χ0v) is 9.12. The lowest BCUT2D eigenvalue weighted by Crippen LogP contribution is -2.48. The van der Waals surface area contributed by atoms with Crippen LogP contribution in [0.2, 0.25) is 0 Å². The zero-order valence-electron chi connectivity index (χ0n) is 9.12. The molecular formula is C9H20O4. The molecule has 0 aliphatic heterocycles. The van der Waals surface area contributed by atoms with Gasteiger partial charge in [-0.3, -0.25) is 0 Å². The summed E-state index contributed by atoms with van der Waals surface area (Å²) in [5.41, 5.74) is 0. The fourth-order valence-electron chi connectivity index (χ4n) is 1.35. The quantitative estimate of drug-likeness (QED) is 0.571. The summed E-state index contributed by atoms with van der Waals surface area (Å²) in [5, 5.41) is 0. The lowest BCUT2D eigenvalue weighted by Gasteiger charge is -2.35. The molecule has 4 heteroatoms. The highest BCUT2D eigenvalue weighted by atomic mass is 16.9. The molecule has 0 amide bonds. The van der Waals surface area contributed by atoms with Crippen LogP contribution in [-0.2, 0) is 18.9 Å². The minimum Gasteiger partial charge on any atom is -0.373 e. The Labute approximate surface area is 80.1 Å². The van der Waals surface area contributed by atoms with Crippen LogP contribution in [0, 0.1) is 0 Å². The topological polar surface area (TPSA) is 36.9 Å². The van der Waals surface area contributed by atoms with Crippen LogP contribution in [0.25, 0.3) is 0 Å². The molecule has 0 bridgehead atoms. The molecule has 0 radical (unpaired) electrons. The van der Waals surface area contributed by atoms with Crippen LogP contribution in [0.4, 0.5) is 0 Å². The Bertz CT molecular complexity index is 115. The largest absolute Gasteiger partial charge is 0.373 e. The van der Waals surface area contributed by atoms with Crippen LogP contribution >= 0.6 is 0 Å². The third-order valence-electron chi connectivity index (χ3n) is 2.08. The van der Waals surface area contributed by atoms with Gasteiger partial charge in [-0.05, 0) is 6.42 Å². The number of rotatable bonds is 7. The van der Waals surface area contributed by atoms with E-state index in [1.165, 1.54) is 21.3 Å². The smallest absolute Gasteiger partial charge is 0.310 e. The molecule has 0 rings (SSSR count). The molecule has 0 heterocycles. The van der Waals surface area contributed by atoms with Gasteiger partial charge in [0.2, 0.25) is 0 Å². The predicted octanol–water partition coefficient (Wildman–Crippen LogP) is 1.39. The maximum atomic E-state index is 5.25. The molecule has 0 aromatic rings. The lowest BCUT2D eigenvalue weighted by atomic mass is 10.1. The van der Waals surface area contributed by atoms with Crippen molar-refractivity contribution >= 4 is 0 Å². The number of hydrogen-bond acceptors (Lipinski definition) is 4. The van der Waals surface area contributed by atoms with Gasteiger partial charge in [0.15, 0.2) is 0 Å². The average molecular weight is 192 g/mol. The van der Waals surface area contributed by atoms with Crippen molar-refractivity contribution < 1.29 is 18.9 Å². The Hall–Kier alpha value is -0.160. The monoisotopic (exact) mass is 192 g/mol. The Morgan fingerprint density at radius 3 is 1.69 bits per heavy atom. The van der Waals surface area contributed by atoms with Crippen LogP contribution < -0.4 is 0 Å². The molecule has 80 valence electrons. The summed E-state index contributed by atoms with van der Waals surface area (Å²) in [4.78, 5) is 0. The standard InChI is InChI=1S/C9H20O4/c1-6-7-8(10-2)9(11-3,12-4)13-5/h8H,6-7H2,1-5H3. The van der Waals surface area contributed by atoms with Crippen LogP contribution in [0.3, 0.4) is 0 Å². The molecule has 0 aromatic heterocycles.